The van der Waals surface area contributed by atoms with Gasteiger partial charge in [-0.25, -0.2) is 4.98 Å². The van der Waals surface area contributed by atoms with E-state index in [1.54, 1.807) is 10.8 Å². The van der Waals surface area contributed by atoms with Crippen LogP contribution in [0, 0.1) is 0 Å². The molecule has 38 heavy (non-hydrogen) atoms. The third-order valence-electron chi connectivity index (χ3n) is 6.69. The first-order valence-electron chi connectivity index (χ1n) is 13.0. The fourth-order valence-electron chi connectivity index (χ4n) is 4.44. The summed E-state index contributed by atoms with van der Waals surface area (Å²) >= 11 is 0. The molecule has 4 aromatic rings. The number of fused-ring (bicyclic) bond motifs is 1. The van der Waals surface area contributed by atoms with Crippen LogP contribution >= 0.6 is 0 Å². The summed E-state index contributed by atoms with van der Waals surface area (Å²) in [5.41, 5.74) is 1.94. The normalized spacial score (nSPS) is 21.4. The van der Waals surface area contributed by atoms with Gasteiger partial charge in [0.15, 0.2) is 35.1 Å². The molecule has 4 atom stereocenters. The molecule has 4 N–H and O–H groups in total. The van der Waals surface area contributed by atoms with Crippen LogP contribution < -0.4 is 10.6 Å². The molecule has 5 rings (SSSR count). The van der Waals surface area contributed by atoms with Crippen molar-refractivity contribution in [2.45, 2.75) is 77.0 Å². The molecular weight excluding hydrogens is 490 g/mol. The van der Waals surface area contributed by atoms with Crippen molar-refractivity contribution in [3.63, 3.8) is 0 Å². The Bertz CT molecular complexity index is 1340. The molecule has 0 unspecified atom stereocenters. The van der Waals surface area contributed by atoms with Gasteiger partial charge in [0.05, 0.1) is 6.33 Å². The first-order valence-corrected chi connectivity index (χ1v) is 13.0. The summed E-state index contributed by atoms with van der Waals surface area (Å²) in [4.78, 5) is 22.6. The zero-order valence-electron chi connectivity index (χ0n) is 21.7. The van der Waals surface area contributed by atoms with E-state index in [0.717, 1.165) is 18.5 Å². The molecule has 5 heterocycles. The number of hydrogen-bond acceptors (Lipinski definition) is 12. The number of aliphatic hydroxyl groups excluding tert-OH is 2. The average Bonchev–Trinajstić information content (AvgIpc) is 3.66. The third-order valence-corrected chi connectivity index (χ3v) is 6.69. The van der Waals surface area contributed by atoms with Crippen LogP contribution in [0.5, 0.6) is 0 Å². The van der Waals surface area contributed by atoms with Crippen LogP contribution in [-0.4, -0.2) is 69.7 Å². The number of nitrogens with one attached hydrogen (secondary N) is 2. The second-order valence-electron chi connectivity index (χ2n) is 9.21. The summed E-state index contributed by atoms with van der Waals surface area (Å²) in [7, 11) is 0. The minimum Gasteiger partial charge on any atom is -0.387 e. The smallest absolute Gasteiger partial charge is 0.258 e. The van der Waals surface area contributed by atoms with Gasteiger partial charge < -0.3 is 30.1 Å². The van der Waals surface area contributed by atoms with Crippen LogP contribution in [0.2, 0.25) is 0 Å². The Hall–Kier alpha value is -3.68. The average molecular weight is 524 g/mol. The molecule has 202 valence electrons. The number of aromatic nitrogens is 7. The van der Waals surface area contributed by atoms with Gasteiger partial charge in [0.2, 0.25) is 5.95 Å². The number of imidazole rings is 1. The summed E-state index contributed by atoms with van der Waals surface area (Å²) in [5.74, 6) is 1.59. The van der Waals surface area contributed by atoms with E-state index in [4.69, 9.17) is 19.2 Å². The number of aryl methyl sites for hydroxylation is 1. The van der Waals surface area contributed by atoms with Crippen LogP contribution in [0.3, 0.4) is 0 Å². The number of aliphatic hydroxyl groups is 2. The van der Waals surface area contributed by atoms with E-state index in [1.165, 1.54) is 6.33 Å². The zero-order valence-corrected chi connectivity index (χ0v) is 21.7. The van der Waals surface area contributed by atoms with Crippen molar-refractivity contribution in [1.29, 1.82) is 0 Å². The van der Waals surface area contributed by atoms with Crippen LogP contribution in [-0.2, 0) is 17.6 Å². The quantitative estimate of drug-likeness (QED) is 0.227. The first kappa shape index (κ1) is 25.9. The van der Waals surface area contributed by atoms with Crippen molar-refractivity contribution >= 4 is 22.9 Å². The van der Waals surface area contributed by atoms with Gasteiger partial charge >= 0.3 is 0 Å². The van der Waals surface area contributed by atoms with Crippen molar-refractivity contribution in [3.8, 4) is 0 Å². The molecule has 0 aromatic carbocycles. The Kier molecular flexibility index (Phi) is 7.77. The number of nitrogens with zero attached hydrogens (tertiary/aromatic N) is 7. The summed E-state index contributed by atoms with van der Waals surface area (Å²) in [6.45, 7) is 6.68. The van der Waals surface area contributed by atoms with Gasteiger partial charge in [0.1, 0.15) is 12.2 Å². The topological polar surface area (TPSA) is 169 Å². The monoisotopic (exact) mass is 523 g/mol. The van der Waals surface area contributed by atoms with Gasteiger partial charge in [-0.3, -0.25) is 9.55 Å². The number of ether oxygens (including phenoxy) is 1. The highest BCUT2D eigenvalue weighted by Gasteiger charge is 2.47. The molecule has 13 heteroatoms. The fraction of sp³-hybridized carbons (Fsp3) is 0.520. The van der Waals surface area contributed by atoms with E-state index in [1.807, 2.05) is 25.1 Å². The summed E-state index contributed by atoms with van der Waals surface area (Å²) in [5, 5.41) is 32.3. The standard InChI is InChI=1S/C25H33N9O4/c1-4-14(5-2)29-21-17-22(32-25(31-21)27-12-10-15-9-7-8-11-26-15)34(13-28-17)24-19(36)18(35)20(37-24)23-30-16(6-3)33-38-23/h7-9,11,13-14,18-20,24,35-36H,4-6,10,12H2,1-3H3,(H2,27,29,31,32)/t18-,19+,20-,24+/m0/s1. The molecule has 0 radical (unpaired) electrons. The molecule has 1 aliphatic rings. The zero-order chi connectivity index (χ0) is 26.6. The van der Waals surface area contributed by atoms with E-state index >= 15 is 0 Å². The Labute approximate surface area is 219 Å². The summed E-state index contributed by atoms with van der Waals surface area (Å²) in [6.07, 6.45) is 1.87. The lowest BCUT2D eigenvalue weighted by Gasteiger charge is -2.18. The van der Waals surface area contributed by atoms with E-state index in [0.29, 0.717) is 48.1 Å². The van der Waals surface area contributed by atoms with Crippen molar-refractivity contribution in [2.75, 3.05) is 17.2 Å². The Morgan fingerprint density at radius 1 is 1.05 bits per heavy atom. The van der Waals surface area contributed by atoms with Gasteiger partial charge in [-0.1, -0.05) is 32.0 Å². The highest BCUT2D eigenvalue weighted by molar-refractivity contribution is 5.84. The van der Waals surface area contributed by atoms with Gasteiger partial charge in [0.25, 0.3) is 5.89 Å². The molecule has 1 saturated heterocycles. The molecule has 0 amide bonds. The van der Waals surface area contributed by atoms with Crippen LogP contribution in [0.25, 0.3) is 11.2 Å². The first-order chi connectivity index (χ1) is 18.5. The Morgan fingerprint density at radius 3 is 2.61 bits per heavy atom. The SMILES string of the molecule is CCc1noc([C@H]2O[C@@H](n3cnc4c(NC(CC)CC)nc(NCCc5ccccn5)nc43)[C@H](O)[C@@H]2O)n1. The summed E-state index contributed by atoms with van der Waals surface area (Å²) < 4.78 is 12.9. The molecule has 4 aromatic heterocycles. The molecular formula is C25H33N9O4. The largest absolute Gasteiger partial charge is 0.387 e. The lowest BCUT2D eigenvalue weighted by atomic mass is 10.1. The van der Waals surface area contributed by atoms with E-state index in [9.17, 15) is 10.2 Å². The van der Waals surface area contributed by atoms with Crippen LogP contribution in [0.1, 0.15) is 63.4 Å². The molecule has 13 nitrogen and oxygen atoms in total. The minimum atomic E-state index is -1.28. The highest BCUT2D eigenvalue weighted by Crippen LogP contribution is 2.39. The van der Waals surface area contributed by atoms with Crippen molar-refractivity contribution in [1.82, 2.24) is 34.6 Å². The van der Waals surface area contributed by atoms with Gasteiger partial charge in [-0.15, -0.1) is 0 Å². The van der Waals surface area contributed by atoms with E-state index in [2.05, 4.69) is 44.6 Å². The maximum atomic E-state index is 10.9. The van der Waals surface area contributed by atoms with Crippen molar-refractivity contribution in [3.05, 3.63) is 48.1 Å². The van der Waals surface area contributed by atoms with Gasteiger partial charge in [-0.2, -0.15) is 15.0 Å². The second-order valence-corrected chi connectivity index (χ2v) is 9.21. The van der Waals surface area contributed by atoms with Crippen LogP contribution in [0.15, 0.2) is 35.2 Å². The van der Waals surface area contributed by atoms with Gasteiger partial charge in [0, 0.05) is 37.3 Å². The highest BCUT2D eigenvalue weighted by atomic mass is 16.6. The van der Waals surface area contributed by atoms with E-state index in [-0.39, 0.29) is 11.9 Å². The number of hydrogen-bond donors (Lipinski definition) is 4. The molecule has 0 aliphatic carbocycles. The molecule has 0 saturated carbocycles. The van der Waals surface area contributed by atoms with E-state index < -0.39 is 24.5 Å². The lowest BCUT2D eigenvalue weighted by Crippen LogP contribution is -2.29. The maximum Gasteiger partial charge on any atom is 0.258 e. The van der Waals surface area contributed by atoms with Gasteiger partial charge in [-0.05, 0) is 25.0 Å². The molecule has 0 spiro atoms. The van der Waals surface area contributed by atoms with Crippen molar-refractivity contribution in [2.24, 2.45) is 0 Å². The minimum absolute atomic E-state index is 0.114. The maximum absolute atomic E-state index is 10.9. The predicted molar refractivity (Wildman–Crippen MR) is 138 cm³/mol. The third kappa shape index (κ3) is 5.17. The molecule has 0 bridgehead atoms. The number of anilines is 2. The second kappa shape index (κ2) is 11.4. The number of rotatable bonds is 11. The Morgan fingerprint density at radius 2 is 1.89 bits per heavy atom. The summed E-state index contributed by atoms with van der Waals surface area (Å²) in [6, 6.07) is 6.00. The van der Waals surface area contributed by atoms with Crippen molar-refractivity contribution < 1.29 is 19.5 Å². The predicted octanol–water partition coefficient (Wildman–Crippen LogP) is 2.41. The molecule has 1 fully saturated rings. The Balaban J connectivity index is 1.45. The van der Waals surface area contributed by atoms with Crippen LogP contribution in [0.4, 0.5) is 11.8 Å². The fourth-order valence-corrected chi connectivity index (χ4v) is 4.44. The number of pyridine rings is 1. The molecule has 1 aliphatic heterocycles. The lowest BCUT2D eigenvalue weighted by molar-refractivity contribution is -0.0451.